The molecule has 1 aromatic carbocycles. The fourth-order valence-electron chi connectivity index (χ4n) is 3.42. The van der Waals surface area contributed by atoms with Crippen molar-refractivity contribution in [1.82, 2.24) is 9.88 Å². The number of aromatic amines is 1. The van der Waals surface area contributed by atoms with Crippen molar-refractivity contribution in [2.24, 2.45) is 5.92 Å². The third-order valence-corrected chi connectivity index (χ3v) is 4.81. The Morgan fingerprint density at radius 2 is 2.13 bits per heavy atom. The van der Waals surface area contributed by atoms with E-state index in [1.165, 1.54) is 12.1 Å². The lowest BCUT2D eigenvalue weighted by molar-refractivity contribution is -0.131. The highest BCUT2D eigenvalue weighted by Crippen LogP contribution is 2.24. The largest absolute Gasteiger partial charge is 0.396 e. The Labute approximate surface area is 135 Å². The molecule has 0 spiro atoms. The predicted octanol–water partition coefficient (Wildman–Crippen LogP) is 2.86. The lowest BCUT2D eigenvalue weighted by Crippen LogP contribution is -2.39. The fraction of sp³-hybridized carbons (Fsp3) is 0.500. The van der Waals surface area contributed by atoms with Gasteiger partial charge in [-0.15, -0.1) is 0 Å². The number of H-pyrrole nitrogens is 1. The first kappa shape index (κ1) is 16.0. The van der Waals surface area contributed by atoms with Crippen LogP contribution in [-0.2, 0) is 11.2 Å². The maximum absolute atomic E-state index is 13.4. The first-order chi connectivity index (χ1) is 11.2. The molecule has 2 heterocycles. The van der Waals surface area contributed by atoms with Gasteiger partial charge in [-0.3, -0.25) is 4.79 Å². The lowest BCUT2D eigenvalue weighted by Gasteiger charge is -2.32. The fourth-order valence-corrected chi connectivity index (χ4v) is 3.42. The van der Waals surface area contributed by atoms with E-state index in [4.69, 9.17) is 5.11 Å². The monoisotopic (exact) mass is 318 g/mol. The highest BCUT2D eigenvalue weighted by atomic mass is 19.1. The number of benzene rings is 1. The summed E-state index contributed by atoms with van der Waals surface area (Å²) in [4.78, 5) is 17.5. The Hall–Kier alpha value is -1.88. The van der Waals surface area contributed by atoms with Gasteiger partial charge in [-0.1, -0.05) is 0 Å². The van der Waals surface area contributed by atoms with E-state index in [0.29, 0.717) is 12.3 Å². The SMILES string of the molecule is O=C(Cc1c[nH]c2ccc(F)cc12)N1CCC(CCCO)CC1. The third kappa shape index (κ3) is 3.72. The third-order valence-electron chi connectivity index (χ3n) is 4.81. The van der Waals surface area contributed by atoms with Gasteiger partial charge in [-0.2, -0.15) is 0 Å². The molecule has 1 saturated heterocycles. The predicted molar refractivity (Wildman–Crippen MR) is 87.6 cm³/mol. The molecule has 5 heteroatoms. The molecular weight excluding hydrogens is 295 g/mol. The second kappa shape index (κ2) is 7.13. The zero-order valence-electron chi connectivity index (χ0n) is 13.2. The Balaban J connectivity index is 1.60. The van der Waals surface area contributed by atoms with Crippen LogP contribution in [0, 0.1) is 11.7 Å². The molecule has 0 aliphatic carbocycles. The summed E-state index contributed by atoms with van der Waals surface area (Å²) in [7, 11) is 0. The lowest BCUT2D eigenvalue weighted by atomic mass is 9.92. The van der Waals surface area contributed by atoms with Gasteiger partial charge in [-0.25, -0.2) is 4.39 Å². The molecule has 1 amide bonds. The summed E-state index contributed by atoms with van der Waals surface area (Å²) in [6, 6.07) is 4.60. The van der Waals surface area contributed by atoms with Gasteiger partial charge < -0.3 is 15.0 Å². The Morgan fingerprint density at radius 1 is 1.35 bits per heavy atom. The van der Waals surface area contributed by atoms with Crippen LogP contribution in [0.5, 0.6) is 0 Å². The van der Waals surface area contributed by atoms with Crippen LogP contribution in [-0.4, -0.2) is 40.6 Å². The number of hydrogen-bond donors (Lipinski definition) is 2. The number of carbonyl (C=O) groups is 1. The number of carbonyl (C=O) groups excluding carboxylic acids is 1. The van der Waals surface area contributed by atoms with E-state index in [0.717, 1.165) is 55.2 Å². The molecule has 0 bridgehead atoms. The number of piperidine rings is 1. The summed E-state index contributed by atoms with van der Waals surface area (Å²) in [6.07, 6.45) is 6.02. The van der Waals surface area contributed by atoms with Crippen molar-refractivity contribution in [3.05, 3.63) is 35.8 Å². The van der Waals surface area contributed by atoms with Crippen LogP contribution in [0.25, 0.3) is 10.9 Å². The molecular formula is C18H23FN2O2. The van der Waals surface area contributed by atoms with E-state index in [1.54, 1.807) is 12.3 Å². The second-order valence-corrected chi connectivity index (χ2v) is 6.37. The highest BCUT2D eigenvalue weighted by molar-refractivity contribution is 5.89. The minimum Gasteiger partial charge on any atom is -0.396 e. The molecule has 124 valence electrons. The average molecular weight is 318 g/mol. The molecule has 2 N–H and O–H groups in total. The molecule has 4 nitrogen and oxygen atoms in total. The van der Waals surface area contributed by atoms with E-state index >= 15 is 0 Å². The molecule has 1 aliphatic rings. The minimum absolute atomic E-state index is 0.107. The van der Waals surface area contributed by atoms with E-state index in [-0.39, 0.29) is 18.3 Å². The number of aromatic nitrogens is 1. The molecule has 0 atom stereocenters. The van der Waals surface area contributed by atoms with Crippen molar-refractivity contribution in [3.8, 4) is 0 Å². The average Bonchev–Trinajstić information content (AvgIpc) is 2.95. The van der Waals surface area contributed by atoms with Crippen LogP contribution >= 0.6 is 0 Å². The van der Waals surface area contributed by atoms with Crippen LogP contribution in [0.15, 0.2) is 24.4 Å². The van der Waals surface area contributed by atoms with Crippen molar-refractivity contribution in [1.29, 1.82) is 0 Å². The van der Waals surface area contributed by atoms with Crippen molar-refractivity contribution >= 4 is 16.8 Å². The number of hydrogen-bond acceptors (Lipinski definition) is 2. The van der Waals surface area contributed by atoms with Crippen molar-refractivity contribution < 1.29 is 14.3 Å². The molecule has 2 aromatic rings. The molecule has 1 aromatic heterocycles. The normalized spacial score (nSPS) is 16.2. The van der Waals surface area contributed by atoms with Crippen molar-refractivity contribution in [2.75, 3.05) is 19.7 Å². The summed E-state index contributed by atoms with van der Waals surface area (Å²) < 4.78 is 13.4. The topological polar surface area (TPSA) is 56.3 Å². The van der Waals surface area contributed by atoms with Crippen molar-refractivity contribution in [3.63, 3.8) is 0 Å². The number of aliphatic hydroxyl groups is 1. The highest BCUT2D eigenvalue weighted by Gasteiger charge is 2.23. The zero-order chi connectivity index (χ0) is 16.2. The van der Waals surface area contributed by atoms with Gasteiger partial charge in [0.25, 0.3) is 0 Å². The zero-order valence-corrected chi connectivity index (χ0v) is 13.2. The van der Waals surface area contributed by atoms with Crippen LogP contribution in [0.2, 0.25) is 0 Å². The molecule has 1 aliphatic heterocycles. The number of amides is 1. The first-order valence-electron chi connectivity index (χ1n) is 8.31. The minimum atomic E-state index is -0.282. The van der Waals surface area contributed by atoms with Crippen LogP contribution in [0.3, 0.4) is 0 Å². The molecule has 0 saturated carbocycles. The summed E-state index contributed by atoms with van der Waals surface area (Å²) in [5.41, 5.74) is 1.71. The van der Waals surface area contributed by atoms with Crippen LogP contribution in [0.4, 0.5) is 4.39 Å². The quantitative estimate of drug-likeness (QED) is 0.890. The summed E-state index contributed by atoms with van der Waals surface area (Å²) in [5.74, 6) is 0.444. The first-order valence-corrected chi connectivity index (χ1v) is 8.31. The molecule has 0 radical (unpaired) electrons. The molecule has 3 rings (SSSR count). The van der Waals surface area contributed by atoms with Gasteiger partial charge >= 0.3 is 0 Å². The van der Waals surface area contributed by atoms with E-state index in [9.17, 15) is 9.18 Å². The van der Waals surface area contributed by atoms with Crippen LogP contribution < -0.4 is 0 Å². The maximum atomic E-state index is 13.4. The van der Waals surface area contributed by atoms with Gasteiger partial charge in [-0.05, 0) is 55.4 Å². The maximum Gasteiger partial charge on any atom is 0.227 e. The Kier molecular flexibility index (Phi) is 4.96. The standard InChI is InChI=1S/C18H23FN2O2/c19-15-3-4-17-16(11-15)14(12-20-17)10-18(23)21-7-5-13(6-8-21)2-1-9-22/h3-4,11-13,20,22H,1-2,5-10H2. The van der Waals surface area contributed by atoms with Crippen molar-refractivity contribution in [2.45, 2.75) is 32.1 Å². The number of halogens is 1. The number of likely N-dealkylation sites (tertiary alicyclic amines) is 1. The number of fused-ring (bicyclic) bond motifs is 1. The molecule has 1 fully saturated rings. The summed E-state index contributed by atoms with van der Waals surface area (Å²) >= 11 is 0. The number of aliphatic hydroxyl groups excluding tert-OH is 1. The second-order valence-electron chi connectivity index (χ2n) is 6.37. The van der Waals surface area contributed by atoms with Crippen LogP contribution in [0.1, 0.15) is 31.2 Å². The number of nitrogens with zero attached hydrogens (tertiary/aromatic N) is 1. The Morgan fingerprint density at radius 3 is 2.87 bits per heavy atom. The number of nitrogens with one attached hydrogen (secondary N) is 1. The van der Waals surface area contributed by atoms with Gasteiger partial charge in [0.05, 0.1) is 6.42 Å². The summed E-state index contributed by atoms with van der Waals surface area (Å²) in [6.45, 7) is 1.81. The van der Waals surface area contributed by atoms with Gasteiger partial charge in [0, 0.05) is 36.8 Å². The summed E-state index contributed by atoms with van der Waals surface area (Å²) in [5, 5.41) is 9.68. The smallest absolute Gasteiger partial charge is 0.227 e. The van der Waals surface area contributed by atoms with E-state index in [1.807, 2.05) is 4.90 Å². The van der Waals surface area contributed by atoms with Gasteiger partial charge in [0.1, 0.15) is 5.82 Å². The van der Waals surface area contributed by atoms with E-state index in [2.05, 4.69) is 4.98 Å². The molecule has 0 unspecified atom stereocenters. The molecule has 23 heavy (non-hydrogen) atoms. The van der Waals surface area contributed by atoms with Gasteiger partial charge in [0.2, 0.25) is 5.91 Å². The Bertz CT molecular complexity index is 675. The number of rotatable bonds is 5. The van der Waals surface area contributed by atoms with Gasteiger partial charge in [0.15, 0.2) is 0 Å². The van der Waals surface area contributed by atoms with E-state index < -0.39 is 0 Å².